The number of rotatable bonds is 12. The number of nitrogens with one attached hydrogen (secondary N) is 2. The van der Waals surface area contributed by atoms with Gasteiger partial charge in [0.25, 0.3) is 0 Å². The van der Waals surface area contributed by atoms with E-state index in [2.05, 4.69) is 25.7 Å². The predicted molar refractivity (Wildman–Crippen MR) is 189 cm³/mol. The van der Waals surface area contributed by atoms with Crippen molar-refractivity contribution in [2.45, 2.75) is 38.9 Å². The molecule has 1 fully saturated rings. The molecule has 5 heterocycles. The van der Waals surface area contributed by atoms with Crippen molar-refractivity contribution in [3.63, 3.8) is 0 Å². The molecule has 0 bridgehead atoms. The number of amides is 1. The van der Waals surface area contributed by atoms with Gasteiger partial charge < -0.3 is 30.1 Å². The molecule has 1 aromatic carbocycles. The number of hydrogen-bond acceptors (Lipinski definition) is 10. The normalized spacial score (nSPS) is 13.6. The van der Waals surface area contributed by atoms with E-state index in [-0.39, 0.29) is 12.5 Å². The molecule has 0 atom stereocenters. The van der Waals surface area contributed by atoms with Crippen LogP contribution >= 0.6 is 23.2 Å². The fourth-order valence-electron chi connectivity index (χ4n) is 6.01. The summed E-state index contributed by atoms with van der Waals surface area (Å²) in [7, 11) is 3.18. The molecule has 1 aliphatic heterocycles. The lowest BCUT2D eigenvalue weighted by Crippen LogP contribution is -2.44. The first-order chi connectivity index (χ1) is 23.8. The lowest BCUT2D eigenvalue weighted by Gasteiger charge is -2.31. The van der Waals surface area contributed by atoms with Crippen LogP contribution in [-0.4, -0.2) is 87.0 Å². The summed E-state index contributed by atoms with van der Waals surface area (Å²) in [6, 6.07) is 13.7. The van der Waals surface area contributed by atoms with Crippen molar-refractivity contribution in [1.82, 2.24) is 40.1 Å². The number of methoxy groups -OCH3 is 2. The van der Waals surface area contributed by atoms with Crippen LogP contribution in [0.2, 0.25) is 10.0 Å². The molecule has 6 rings (SSSR count). The topological polar surface area (TPSA) is 139 Å². The fourth-order valence-corrected chi connectivity index (χ4v) is 6.66. The van der Waals surface area contributed by atoms with Gasteiger partial charge in [-0.05, 0) is 31.0 Å². The van der Waals surface area contributed by atoms with E-state index in [1.165, 1.54) is 0 Å². The van der Waals surface area contributed by atoms with Gasteiger partial charge in [-0.1, -0.05) is 47.5 Å². The van der Waals surface area contributed by atoms with Crippen molar-refractivity contribution in [3.8, 4) is 45.3 Å². The van der Waals surface area contributed by atoms with Gasteiger partial charge in [0.15, 0.2) is 17.2 Å². The van der Waals surface area contributed by atoms with Crippen molar-refractivity contribution in [1.29, 1.82) is 0 Å². The van der Waals surface area contributed by atoms with Crippen LogP contribution in [0.4, 0.5) is 0 Å². The Morgan fingerprint density at radius 1 is 1.00 bits per heavy atom. The maximum atomic E-state index is 11.7. The van der Waals surface area contributed by atoms with Gasteiger partial charge in [-0.25, -0.2) is 14.5 Å². The first-order valence-corrected chi connectivity index (χ1v) is 16.8. The number of piperidine rings is 1. The van der Waals surface area contributed by atoms with Gasteiger partial charge in [0, 0.05) is 79.4 Å². The van der Waals surface area contributed by atoms with E-state index in [9.17, 15) is 4.79 Å². The summed E-state index contributed by atoms with van der Waals surface area (Å²) in [5.74, 6) is 1.71. The lowest BCUT2D eigenvalue weighted by atomic mass is 9.99. The van der Waals surface area contributed by atoms with Gasteiger partial charge in [-0.15, -0.1) is 5.10 Å². The molecule has 3 N–H and O–H groups in total. The minimum atomic E-state index is 0.0218. The van der Waals surface area contributed by atoms with Crippen LogP contribution in [-0.2, 0) is 17.9 Å². The second-order valence-electron chi connectivity index (χ2n) is 11.7. The number of carbonyl (C=O) groups is 1. The minimum absolute atomic E-state index is 0.0218. The van der Waals surface area contributed by atoms with E-state index in [0.717, 1.165) is 42.6 Å². The summed E-state index contributed by atoms with van der Waals surface area (Å²) in [5.41, 5.74) is 5.52. The van der Waals surface area contributed by atoms with E-state index >= 15 is 0 Å². The summed E-state index contributed by atoms with van der Waals surface area (Å²) < 4.78 is 13.0. The number of aliphatic hydroxyl groups excluding tert-OH is 1. The van der Waals surface area contributed by atoms with Crippen molar-refractivity contribution in [3.05, 3.63) is 76.3 Å². The van der Waals surface area contributed by atoms with Crippen molar-refractivity contribution in [2.24, 2.45) is 0 Å². The zero-order valence-electron chi connectivity index (χ0n) is 27.5. The number of ether oxygens (including phenoxy) is 2. The Labute approximate surface area is 294 Å². The van der Waals surface area contributed by atoms with Crippen LogP contribution in [0.5, 0.6) is 11.6 Å². The number of nitrogens with zero attached hydrogens (tertiary/aromatic N) is 6. The lowest BCUT2D eigenvalue weighted by molar-refractivity contribution is -0.129. The molecule has 0 radical (unpaired) electrons. The highest BCUT2D eigenvalue weighted by atomic mass is 35.5. The first kappa shape index (κ1) is 34.5. The Morgan fingerprint density at radius 2 is 1.78 bits per heavy atom. The largest absolute Gasteiger partial charge is 0.493 e. The van der Waals surface area contributed by atoms with E-state index in [0.29, 0.717) is 81.3 Å². The number of likely N-dealkylation sites (tertiary alicyclic amines) is 1. The standard InChI is InChI=1S/C35H38Cl2N8O4/c1-21(47)44-14-10-24(11-15-44)40-18-22-7-8-28(41-35(22)49-3)27-6-4-5-25(31(27)36)26-9-12-39-33(32(26)37)23-17-29(48-2)34-42-30(19-38-13-16-46)43-45(34)20-23/h4-9,12,17,20,24,38,40,46H,10-11,13-16,18-19H2,1-3H3. The monoisotopic (exact) mass is 704 g/mol. The highest BCUT2D eigenvalue weighted by Gasteiger charge is 2.22. The minimum Gasteiger partial charge on any atom is -0.493 e. The van der Waals surface area contributed by atoms with Crippen molar-refractivity contribution >= 4 is 34.8 Å². The second kappa shape index (κ2) is 15.5. The molecule has 14 heteroatoms. The zero-order chi connectivity index (χ0) is 34.5. The highest BCUT2D eigenvalue weighted by Crippen LogP contribution is 2.42. The molecule has 0 aliphatic carbocycles. The molecule has 4 aromatic heterocycles. The number of fused-ring (bicyclic) bond motifs is 1. The number of aliphatic hydroxyl groups is 1. The number of benzene rings is 1. The van der Waals surface area contributed by atoms with E-state index in [1.54, 1.807) is 38.1 Å². The molecule has 1 saturated heterocycles. The number of halogens is 2. The number of carbonyl (C=O) groups excluding carboxylic acids is 1. The average molecular weight is 706 g/mol. The zero-order valence-corrected chi connectivity index (χ0v) is 29.1. The Bertz CT molecular complexity index is 1960. The smallest absolute Gasteiger partial charge is 0.219 e. The summed E-state index contributed by atoms with van der Waals surface area (Å²) in [5, 5.41) is 21.2. The van der Waals surface area contributed by atoms with Gasteiger partial charge in [0.2, 0.25) is 11.8 Å². The Balaban J connectivity index is 1.26. The highest BCUT2D eigenvalue weighted by molar-refractivity contribution is 6.39. The Hall–Kier alpha value is -4.33. The number of pyridine rings is 3. The Morgan fingerprint density at radius 3 is 2.51 bits per heavy atom. The molecule has 0 saturated carbocycles. The Kier molecular flexibility index (Phi) is 10.9. The van der Waals surface area contributed by atoms with E-state index in [4.69, 9.17) is 42.8 Å². The molecule has 1 aliphatic rings. The molecule has 12 nitrogen and oxygen atoms in total. The average Bonchev–Trinajstić information content (AvgIpc) is 3.54. The maximum Gasteiger partial charge on any atom is 0.219 e. The quantitative estimate of drug-likeness (QED) is 0.152. The van der Waals surface area contributed by atoms with Gasteiger partial charge in [-0.3, -0.25) is 9.78 Å². The van der Waals surface area contributed by atoms with Crippen LogP contribution in [0.3, 0.4) is 0 Å². The van der Waals surface area contributed by atoms with Crippen LogP contribution < -0.4 is 20.1 Å². The van der Waals surface area contributed by atoms with Gasteiger partial charge in [-0.2, -0.15) is 0 Å². The molecular weight excluding hydrogens is 667 g/mol. The van der Waals surface area contributed by atoms with E-state index in [1.807, 2.05) is 47.4 Å². The van der Waals surface area contributed by atoms with Gasteiger partial charge in [0.05, 0.1) is 48.8 Å². The third-order valence-corrected chi connectivity index (χ3v) is 9.41. The summed E-state index contributed by atoms with van der Waals surface area (Å²) >= 11 is 14.2. The van der Waals surface area contributed by atoms with Gasteiger partial charge >= 0.3 is 0 Å². The summed E-state index contributed by atoms with van der Waals surface area (Å²) in [6.45, 7) is 4.58. The number of hydrogen-bond donors (Lipinski definition) is 3. The van der Waals surface area contributed by atoms with Crippen LogP contribution in [0, 0.1) is 0 Å². The first-order valence-electron chi connectivity index (χ1n) is 16.0. The van der Waals surface area contributed by atoms with E-state index < -0.39 is 0 Å². The molecule has 256 valence electrons. The molecule has 49 heavy (non-hydrogen) atoms. The van der Waals surface area contributed by atoms with Crippen LogP contribution in [0.1, 0.15) is 31.2 Å². The SMILES string of the molecule is COc1nc(-c2cccc(-c3ccnc(-c4cc(OC)c5nc(CNCCO)nn5c4)c3Cl)c2Cl)ccc1CNC1CCN(C(C)=O)CC1. The van der Waals surface area contributed by atoms with Crippen molar-refractivity contribution < 1.29 is 19.4 Å². The molecule has 1 amide bonds. The van der Waals surface area contributed by atoms with Gasteiger partial charge in [0.1, 0.15) is 0 Å². The van der Waals surface area contributed by atoms with Crippen LogP contribution in [0.15, 0.2) is 54.9 Å². The fraction of sp³-hybridized carbons (Fsp3) is 0.343. The van der Waals surface area contributed by atoms with Crippen molar-refractivity contribution in [2.75, 3.05) is 40.5 Å². The van der Waals surface area contributed by atoms with Crippen LogP contribution in [0.25, 0.3) is 39.3 Å². The number of aromatic nitrogens is 5. The molecule has 0 spiro atoms. The summed E-state index contributed by atoms with van der Waals surface area (Å²) in [6.07, 6.45) is 5.30. The predicted octanol–water partition coefficient (Wildman–Crippen LogP) is 5.03. The maximum absolute atomic E-state index is 11.7. The molecule has 5 aromatic rings. The third kappa shape index (κ3) is 7.48. The second-order valence-corrected chi connectivity index (χ2v) is 12.5. The summed E-state index contributed by atoms with van der Waals surface area (Å²) in [4.78, 5) is 27.6. The molecular formula is C35H38Cl2N8O4. The molecule has 0 unspecified atom stereocenters. The third-order valence-electron chi connectivity index (χ3n) is 8.62.